The van der Waals surface area contributed by atoms with Crippen molar-refractivity contribution in [2.24, 2.45) is 5.92 Å². The number of hydrogen-bond acceptors (Lipinski definition) is 1. The van der Waals surface area contributed by atoms with Crippen LogP contribution in [0.25, 0.3) is 0 Å². The van der Waals surface area contributed by atoms with Gasteiger partial charge < -0.3 is 5.32 Å². The fourth-order valence-electron chi connectivity index (χ4n) is 1.78. The highest BCUT2D eigenvalue weighted by Gasteiger charge is 2.14. The topological polar surface area (TPSA) is 12.0 Å². The predicted octanol–water partition coefficient (Wildman–Crippen LogP) is 2.91. The molecule has 0 amide bonds. The van der Waals surface area contributed by atoms with Gasteiger partial charge in [-0.15, -0.1) is 0 Å². The second-order valence-electron chi connectivity index (χ2n) is 3.87. The van der Waals surface area contributed by atoms with Gasteiger partial charge in [0.1, 0.15) is 0 Å². The van der Waals surface area contributed by atoms with Crippen LogP contribution in [0.1, 0.15) is 31.0 Å². The molecule has 1 heteroatoms. The highest BCUT2D eigenvalue weighted by atomic mass is 14.9. The average Bonchev–Trinajstić information content (AvgIpc) is 2.09. The maximum absolute atomic E-state index is 3.36. The Labute approximate surface area is 81.2 Å². The van der Waals surface area contributed by atoms with E-state index in [0.717, 1.165) is 0 Å². The summed E-state index contributed by atoms with van der Waals surface area (Å²) in [6, 6.07) is 9.04. The van der Waals surface area contributed by atoms with E-state index in [1.165, 1.54) is 11.1 Å². The highest BCUT2D eigenvalue weighted by Crippen LogP contribution is 2.23. The number of aryl methyl sites for hydroxylation is 1. The first-order valence-corrected chi connectivity index (χ1v) is 4.89. The Balaban J connectivity index is 2.97. The molecule has 0 radical (unpaired) electrons. The summed E-state index contributed by atoms with van der Waals surface area (Å²) in [7, 11) is 2.02. The molecule has 0 aliphatic heterocycles. The van der Waals surface area contributed by atoms with Gasteiger partial charge in [-0.25, -0.2) is 0 Å². The third-order valence-corrected chi connectivity index (χ3v) is 2.50. The predicted molar refractivity (Wildman–Crippen MR) is 57.8 cm³/mol. The van der Waals surface area contributed by atoms with E-state index in [-0.39, 0.29) is 0 Å². The first-order valence-electron chi connectivity index (χ1n) is 4.89. The summed E-state index contributed by atoms with van der Waals surface area (Å²) < 4.78 is 0. The van der Waals surface area contributed by atoms with Gasteiger partial charge in [-0.3, -0.25) is 0 Å². The van der Waals surface area contributed by atoms with E-state index in [0.29, 0.717) is 12.0 Å². The number of nitrogens with one attached hydrogen (secondary N) is 1. The molecule has 0 bridgehead atoms. The zero-order valence-corrected chi connectivity index (χ0v) is 8.96. The van der Waals surface area contributed by atoms with Crippen LogP contribution in [0.4, 0.5) is 0 Å². The molecule has 1 aromatic rings. The largest absolute Gasteiger partial charge is 0.313 e. The molecule has 72 valence electrons. The van der Waals surface area contributed by atoms with E-state index in [1.54, 1.807) is 0 Å². The van der Waals surface area contributed by atoms with Crippen molar-refractivity contribution in [3.8, 4) is 0 Å². The Morgan fingerprint density at radius 1 is 1.15 bits per heavy atom. The van der Waals surface area contributed by atoms with Gasteiger partial charge in [-0.2, -0.15) is 0 Å². The summed E-state index contributed by atoms with van der Waals surface area (Å²) in [6.45, 7) is 6.66. The minimum Gasteiger partial charge on any atom is -0.313 e. The summed E-state index contributed by atoms with van der Waals surface area (Å²) in [5.41, 5.74) is 2.79. The summed E-state index contributed by atoms with van der Waals surface area (Å²) in [5.74, 6) is 0.631. The van der Waals surface area contributed by atoms with Gasteiger partial charge in [-0.1, -0.05) is 38.1 Å². The lowest BCUT2D eigenvalue weighted by Gasteiger charge is -2.22. The molecule has 1 aromatic carbocycles. The molecule has 13 heavy (non-hydrogen) atoms. The number of rotatable bonds is 3. The zero-order chi connectivity index (χ0) is 9.84. The lowest BCUT2D eigenvalue weighted by atomic mass is 9.93. The van der Waals surface area contributed by atoms with Crippen LogP contribution in [-0.2, 0) is 0 Å². The molecule has 1 N–H and O–H groups in total. The summed E-state index contributed by atoms with van der Waals surface area (Å²) >= 11 is 0. The second-order valence-corrected chi connectivity index (χ2v) is 3.87. The smallest absolute Gasteiger partial charge is 0.0343 e. The minimum atomic E-state index is 0.473. The monoisotopic (exact) mass is 177 g/mol. The van der Waals surface area contributed by atoms with Crippen LogP contribution in [0, 0.1) is 12.8 Å². The highest BCUT2D eigenvalue weighted by molar-refractivity contribution is 5.28. The Morgan fingerprint density at radius 3 is 2.23 bits per heavy atom. The molecular weight excluding hydrogens is 158 g/mol. The molecule has 0 heterocycles. The van der Waals surface area contributed by atoms with Crippen molar-refractivity contribution in [3.05, 3.63) is 35.4 Å². The molecule has 1 rings (SSSR count). The molecule has 0 aromatic heterocycles. The van der Waals surface area contributed by atoms with Crippen LogP contribution < -0.4 is 5.32 Å². The summed E-state index contributed by atoms with van der Waals surface area (Å²) in [5, 5.41) is 3.36. The molecule has 0 aliphatic carbocycles. The van der Waals surface area contributed by atoms with Crippen molar-refractivity contribution in [1.29, 1.82) is 0 Å². The van der Waals surface area contributed by atoms with Crippen molar-refractivity contribution in [2.75, 3.05) is 7.05 Å². The normalized spacial score (nSPS) is 13.3. The van der Waals surface area contributed by atoms with Crippen molar-refractivity contribution in [1.82, 2.24) is 5.32 Å². The molecule has 0 saturated heterocycles. The summed E-state index contributed by atoms with van der Waals surface area (Å²) in [4.78, 5) is 0. The Bertz CT molecular complexity index is 266. The third kappa shape index (κ3) is 2.31. The molecule has 0 unspecified atom stereocenters. The first-order chi connectivity index (χ1) is 6.16. The van der Waals surface area contributed by atoms with Crippen LogP contribution in [0.2, 0.25) is 0 Å². The van der Waals surface area contributed by atoms with Gasteiger partial charge >= 0.3 is 0 Å². The van der Waals surface area contributed by atoms with Gasteiger partial charge in [0.2, 0.25) is 0 Å². The van der Waals surface area contributed by atoms with E-state index >= 15 is 0 Å². The molecule has 1 atom stereocenters. The lowest BCUT2D eigenvalue weighted by molar-refractivity contribution is 0.441. The average molecular weight is 177 g/mol. The van der Waals surface area contributed by atoms with E-state index in [2.05, 4.69) is 50.4 Å². The van der Waals surface area contributed by atoms with Crippen molar-refractivity contribution < 1.29 is 0 Å². The maximum atomic E-state index is 3.36. The van der Waals surface area contributed by atoms with E-state index in [9.17, 15) is 0 Å². The minimum absolute atomic E-state index is 0.473. The second kappa shape index (κ2) is 4.43. The quantitative estimate of drug-likeness (QED) is 0.748. The standard InChI is InChI=1S/C12H19N/c1-9(2)12(13-4)11-8-6-5-7-10(11)3/h5-9,12-13H,1-4H3/t12-/m0/s1. The van der Waals surface area contributed by atoms with E-state index in [1.807, 2.05) is 7.05 Å². The maximum Gasteiger partial charge on any atom is 0.0343 e. The molecule has 0 aliphatic rings. The Kier molecular flexibility index (Phi) is 3.49. The van der Waals surface area contributed by atoms with Gasteiger partial charge in [0.05, 0.1) is 0 Å². The number of benzene rings is 1. The molecular formula is C12H19N. The van der Waals surface area contributed by atoms with Gasteiger partial charge in [0.15, 0.2) is 0 Å². The van der Waals surface area contributed by atoms with Crippen molar-refractivity contribution >= 4 is 0 Å². The molecule has 0 fully saturated rings. The van der Waals surface area contributed by atoms with Gasteiger partial charge in [0.25, 0.3) is 0 Å². The first kappa shape index (κ1) is 10.3. The molecule has 0 saturated carbocycles. The summed E-state index contributed by atoms with van der Waals surface area (Å²) in [6.07, 6.45) is 0. The fourth-order valence-corrected chi connectivity index (χ4v) is 1.78. The fraction of sp³-hybridized carbons (Fsp3) is 0.500. The third-order valence-electron chi connectivity index (χ3n) is 2.50. The molecule has 1 nitrogen and oxygen atoms in total. The Morgan fingerprint density at radius 2 is 1.77 bits per heavy atom. The van der Waals surface area contributed by atoms with Crippen LogP contribution in [0.15, 0.2) is 24.3 Å². The SMILES string of the molecule is CN[C@H](c1ccccc1C)C(C)C. The van der Waals surface area contributed by atoms with Crippen LogP contribution in [0.3, 0.4) is 0 Å². The Hall–Kier alpha value is -0.820. The van der Waals surface area contributed by atoms with Crippen molar-refractivity contribution in [2.45, 2.75) is 26.8 Å². The van der Waals surface area contributed by atoms with Crippen LogP contribution >= 0.6 is 0 Å². The number of hydrogen-bond donors (Lipinski definition) is 1. The molecule has 0 spiro atoms. The zero-order valence-electron chi connectivity index (χ0n) is 8.96. The van der Waals surface area contributed by atoms with Gasteiger partial charge in [-0.05, 0) is 31.0 Å². The van der Waals surface area contributed by atoms with E-state index < -0.39 is 0 Å². The van der Waals surface area contributed by atoms with Crippen LogP contribution in [-0.4, -0.2) is 7.05 Å². The van der Waals surface area contributed by atoms with Gasteiger partial charge in [0, 0.05) is 6.04 Å². The van der Waals surface area contributed by atoms with Crippen LogP contribution in [0.5, 0.6) is 0 Å². The lowest BCUT2D eigenvalue weighted by Crippen LogP contribution is -2.22. The van der Waals surface area contributed by atoms with E-state index in [4.69, 9.17) is 0 Å². The van der Waals surface area contributed by atoms with Crippen molar-refractivity contribution in [3.63, 3.8) is 0 Å².